The summed E-state index contributed by atoms with van der Waals surface area (Å²) >= 11 is 7.28. The van der Waals surface area contributed by atoms with E-state index in [2.05, 4.69) is 22.3 Å². The normalized spacial score (nSPS) is 14.4. The van der Waals surface area contributed by atoms with Crippen LogP contribution in [0.15, 0.2) is 58.0 Å². The van der Waals surface area contributed by atoms with Crippen molar-refractivity contribution in [2.75, 3.05) is 38.5 Å². The first-order valence-corrected chi connectivity index (χ1v) is 9.67. The van der Waals surface area contributed by atoms with Crippen molar-refractivity contribution >= 4 is 35.0 Å². The number of rotatable bonds is 5. The van der Waals surface area contributed by atoms with E-state index in [0.29, 0.717) is 18.8 Å². The minimum atomic E-state index is -0.0530. The van der Waals surface area contributed by atoms with Crippen LogP contribution in [0.5, 0.6) is 0 Å². The molecule has 0 aliphatic carbocycles. The number of nitrogens with zero attached hydrogens (tertiary/aromatic N) is 2. The molecule has 2 aromatic rings. The maximum absolute atomic E-state index is 12.2. The van der Waals surface area contributed by atoms with Gasteiger partial charge in [0, 0.05) is 43.4 Å². The number of nitrogens with one attached hydrogen (secondary N) is 1. The lowest BCUT2D eigenvalue weighted by molar-refractivity contribution is 0.0659. The van der Waals surface area contributed by atoms with E-state index in [0.717, 1.165) is 30.5 Å². The number of hydrogen-bond donors (Lipinski definition) is 1. The van der Waals surface area contributed by atoms with Gasteiger partial charge in [0.1, 0.15) is 0 Å². The van der Waals surface area contributed by atoms with Crippen molar-refractivity contribution in [2.24, 2.45) is 0 Å². The first kappa shape index (κ1) is 17.8. The summed E-state index contributed by atoms with van der Waals surface area (Å²) in [4.78, 5) is 17.4. The van der Waals surface area contributed by atoms with Crippen LogP contribution in [0.4, 0.5) is 0 Å². The number of thiocarbonyl (C=S) groups is 1. The van der Waals surface area contributed by atoms with Crippen LogP contribution in [0, 0.1) is 0 Å². The topological polar surface area (TPSA) is 48.7 Å². The molecule has 0 saturated carbocycles. The molecule has 1 fully saturated rings. The summed E-state index contributed by atoms with van der Waals surface area (Å²) in [6, 6.07) is 13.8. The molecule has 132 valence electrons. The largest absolute Gasteiger partial charge is 0.459 e. The summed E-state index contributed by atoms with van der Waals surface area (Å²) < 4.78 is 5.18. The molecule has 7 heteroatoms. The lowest BCUT2D eigenvalue weighted by atomic mass is 10.3. The Hall–Kier alpha value is -1.99. The molecule has 25 heavy (non-hydrogen) atoms. The van der Waals surface area contributed by atoms with Crippen LogP contribution < -0.4 is 5.32 Å². The first-order chi connectivity index (χ1) is 12.2. The Balaban J connectivity index is 1.36. The van der Waals surface area contributed by atoms with Crippen LogP contribution in [0.1, 0.15) is 10.6 Å². The Bertz CT molecular complexity index is 684. The third-order valence-corrected chi connectivity index (χ3v) is 5.39. The van der Waals surface area contributed by atoms with E-state index >= 15 is 0 Å². The molecule has 1 aromatic heterocycles. The molecule has 1 N–H and O–H groups in total. The summed E-state index contributed by atoms with van der Waals surface area (Å²) in [5.41, 5.74) is 0. The van der Waals surface area contributed by atoms with Crippen LogP contribution in [0.25, 0.3) is 0 Å². The number of amides is 1. The number of hydrogen-bond acceptors (Lipinski definition) is 4. The van der Waals surface area contributed by atoms with Gasteiger partial charge in [-0.15, -0.1) is 11.8 Å². The van der Waals surface area contributed by atoms with Gasteiger partial charge in [-0.3, -0.25) is 4.79 Å². The van der Waals surface area contributed by atoms with Gasteiger partial charge in [0.05, 0.1) is 6.26 Å². The molecule has 1 saturated heterocycles. The van der Waals surface area contributed by atoms with Crippen molar-refractivity contribution in [1.82, 2.24) is 15.1 Å². The molecule has 5 nitrogen and oxygen atoms in total. The zero-order valence-electron chi connectivity index (χ0n) is 13.9. The Morgan fingerprint density at radius 3 is 2.48 bits per heavy atom. The van der Waals surface area contributed by atoms with Crippen LogP contribution in [0.3, 0.4) is 0 Å². The van der Waals surface area contributed by atoms with Crippen LogP contribution >= 0.6 is 24.0 Å². The van der Waals surface area contributed by atoms with Crippen LogP contribution in [0.2, 0.25) is 0 Å². The minimum Gasteiger partial charge on any atom is -0.459 e. The molecule has 0 atom stereocenters. The molecule has 1 amide bonds. The van der Waals surface area contributed by atoms with Crippen molar-refractivity contribution in [3.05, 3.63) is 54.5 Å². The maximum atomic E-state index is 12.2. The van der Waals surface area contributed by atoms with E-state index < -0.39 is 0 Å². The quantitative estimate of drug-likeness (QED) is 0.493. The molecular formula is C18H21N3O2S2. The molecular weight excluding hydrogens is 354 g/mol. The van der Waals surface area contributed by atoms with Crippen LogP contribution in [-0.2, 0) is 0 Å². The van der Waals surface area contributed by atoms with Crippen molar-refractivity contribution in [1.29, 1.82) is 0 Å². The van der Waals surface area contributed by atoms with E-state index in [9.17, 15) is 4.79 Å². The molecule has 0 unspecified atom stereocenters. The summed E-state index contributed by atoms with van der Waals surface area (Å²) in [5.74, 6) is 1.30. The van der Waals surface area contributed by atoms with Gasteiger partial charge in [-0.2, -0.15) is 0 Å². The number of carbonyl (C=O) groups excluding carboxylic acids is 1. The monoisotopic (exact) mass is 375 g/mol. The summed E-state index contributed by atoms with van der Waals surface area (Å²) in [6.45, 7) is 3.61. The summed E-state index contributed by atoms with van der Waals surface area (Å²) in [7, 11) is 0. The molecule has 0 bridgehead atoms. The second kappa shape index (κ2) is 8.92. The standard InChI is InChI=1S/C18H21N3O2S2/c22-17(16-7-4-13-23-16)20-9-11-21(12-10-20)18(24)19-8-14-25-15-5-2-1-3-6-15/h1-7,13H,8-12,14H2,(H,19,24). The van der Waals surface area contributed by atoms with E-state index in [-0.39, 0.29) is 5.91 Å². The summed E-state index contributed by atoms with van der Waals surface area (Å²) in [5, 5.41) is 4.07. The van der Waals surface area contributed by atoms with Gasteiger partial charge < -0.3 is 19.5 Å². The Morgan fingerprint density at radius 1 is 1.08 bits per heavy atom. The minimum absolute atomic E-state index is 0.0530. The smallest absolute Gasteiger partial charge is 0.289 e. The molecule has 0 spiro atoms. The van der Waals surface area contributed by atoms with Gasteiger partial charge in [-0.1, -0.05) is 18.2 Å². The fourth-order valence-electron chi connectivity index (χ4n) is 2.62. The summed E-state index contributed by atoms with van der Waals surface area (Å²) in [6.07, 6.45) is 1.52. The highest BCUT2D eigenvalue weighted by Gasteiger charge is 2.24. The SMILES string of the molecule is O=C(c1ccco1)N1CCN(C(=S)NCCSc2ccccc2)CC1. The average Bonchev–Trinajstić information content (AvgIpc) is 3.20. The number of thioether (sulfide) groups is 1. The number of furan rings is 1. The number of piperazine rings is 1. The zero-order valence-corrected chi connectivity index (χ0v) is 15.5. The lowest BCUT2D eigenvalue weighted by Crippen LogP contribution is -2.53. The van der Waals surface area contributed by atoms with Crippen LogP contribution in [-0.4, -0.2) is 59.3 Å². The van der Waals surface area contributed by atoms with E-state index in [1.165, 1.54) is 11.2 Å². The van der Waals surface area contributed by atoms with E-state index in [1.54, 1.807) is 12.1 Å². The van der Waals surface area contributed by atoms with E-state index in [1.807, 2.05) is 34.9 Å². The lowest BCUT2D eigenvalue weighted by Gasteiger charge is -2.35. The molecule has 1 aliphatic heterocycles. The zero-order chi connectivity index (χ0) is 17.5. The predicted octanol–water partition coefficient (Wildman–Crippen LogP) is 2.70. The van der Waals surface area contributed by atoms with Gasteiger partial charge in [-0.05, 0) is 36.5 Å². The fourth-order valence-corrected chi connectivity index (χ4v) is 3.70. The Labute approximate surface area is 157 Å². The molecule has 0 radical (unpaired) electrons. The van der Waals surface area contributed by atoms with E-state index in [4.69, 9.17) is 16.6 Å². The van der Waals surface area contributed by atoms with Crippen molar-refractivity contribution in [3.63, 3.8) is 0 Å². The van der Waals surface area contributed by atoms with Gasteiger partial charge in [-0.25, -0.2) is 0 Å². The second-order valence-corrected chi connectivity index (χ2v) is 7.21. The first-order valence-electron chi connectivity index (χ1n) is 8.27. The van der Waals surface area contributed by atoms with Crippen molar-refractivity contribution in [2.45, 2.75) is 4.90 Å². The second-order valence-electron chi connectivity index (χ2n) is 5.65. The third kappa shape index (κ3) is 4.99. The molecule has 1 aromatic carbocycles. The highest BCUT2D eigenvalue weighted by molar-refractivity contribution is 7.99. The van der Waals surface area contributed by atoms with Gasteiger partial charge in [0.15, 0.2) is 10.9 Å². The number of carbonyl (C=O) groups is 1. The number of benzene rings is 1. The fraction of sp³-hybridized carbons (Fsp3) is 0.333. The van der Waals surface area contributed by atoms with Crippen molar-refractivity contribution < 1.29 is 9.21 Å². The average molecular weight is 376 g/mol. The van der Waals surface area contributed by atoms with Gasteiger partial charge >= 0.3 is 0 Å². The maximum Gasteiger partial charge on any atom is 0.289 e. The molecule has 3 rings (SSSR count). The van der Waals surface area contributed by atoms with Gasteiger partial charge in [0.2, 0.25) is 0 Å². The Morgan fingerprint density at radius 2 is 1.80 bits per heavy atom. The highest BCUT2D eigenvalue weighted by Crippen LogP contribution is 2.16. The molecule has 2 heterocycles. The van der Waals surface area contributed by atoms with Gasteiger partial charge in [0.25, 0.3) is 5.91 Å². The van der Waals surface area contributed by atoms with Crippen molar-refractivity contribution in [3.8, 4) is 0 Å². The highest BCUT2D eigenvalue weighted by atomic mass is 32.2. The third-order valence-electron chi connectivity index (χ3n) is 3.98. The predicted molar refractivity (Wildman–Crippen MR) is 104 cm³/mol. The Kier molecular flexibility index (Phi) is 6.36. The molecule has 1 aliphatic rings.